The predicted octanol–water partition coefficient (Wildman–Crippen LogP) is 4.18. The van der Waals surface area contributed by atoms with E-state index in [1.54, 1.807) is 22.6 Å². The van der Waals surface area contributed by atoms with Crippen molar-refractivity contribution in [1.29, 1.82) is 0 Å². The first-order chi connectivity index (χ1) is 15.0. The minimum atomic E-state index is -3.57. The molecule has 164 valence electrons. The second kappa shape index (κ2) is 9.20. The molecule has 1 aliphatic rings. The van der Waals surface area contributed by atoms with Gasteiger partial charge in [-0.2, -0.15) is 9.40 Å². The third-order valence-electron chi connectivity index (χ3n) is 5.54. The SMILES string of the molecule is CC(C)c1nn(-c2ccccc2)cc1CNc1ncccc1S(=O)(=O)N1CCCCC1. The molecule has 0 amide bonds. The van der Waals surface area contributed by atoms with Crippen LogP contribution in [0.2, 0.25) is 0 Å². The van der Waals surface area contributed by atoms with Crippen molar-refractivity contribution in [2.75, 3.05) is 18.4 Å². The summed E-state index contributed by atoms with van der Waals surface area (Å²) in [6.07, 6.45) is 6.50. The Morgan fingerprint density at radius 3 is 2.48 bits per heavy atom. The van der Waals surface area contributed by atoms with Gasteiger partial charge in [-0.25, -0.2) is 18.1 Å². The average molecular weight is 440 g/mol. The number of aromatic nitrogens is 3. The van der Waals surface area contributed by atoms with Crippen LogP contribution in [0.3, 0.4) is 0 Å². The number of nitrogens with one attached hydrogen (secondary N) is 1. The summed E-state index contributed by atoms with van der Waals surface area (Å²) in [6, 6.07) is 13.3. The highest BCUT2D eigenvalue weighted by Crippen LogP contribution is 2.27. The molecule has 8 heteroatoms. The van der Waals surface area contributed by atoms with E-state index in [0.717, 1.165) is 36.2 Å². The first-order valence-corrected chi connectivity index (χ1v) is 12.2. The molecule has 0 bridgehead atoms. The highest BCUT2D eigenvalue weighted by molar-refractivity contribution is 7.89. The van der Waals surface area contributed by atoms with Gasteiger partial charge in [-0.05, 0) is 43.0 Å². The summed E-state index contributed by atoms with van der Waals surface area (Å²) in [6.45, 7) is 5.79. The van der Waals surface area contributed by atoms with Crippen molar-refractivity contribution in [2.45, 2.75) is 50.5 Å². The van der Waals surface area contributed by atoms with E-state index in [0.29, 0.717) is 25.5 Å². The molecule has 0 spiro atoms. The first kappa shape index (κ1) is 21.5. The van der Waals surface area contributed by atoms with Crippen LogP contribution in [0.5, 0.6) is 0 Å². The summed E-state index contributed by atoms with van der Waals surface area (Å²) in [5.74, 6) is 0.622. The van der Waals surface area contributed by atoms with Gasteiger partial charge in [0.05, 0.1) is 11.4 Å². The van der Waals surface area contributed by atoms with E-state index in [9.17, 15) is 8.42 Å². The zero-order valence-electron chi connectivity index (χ0n) is 18.0. The molecule has 3 heterocycles. The average Bonchev–Trinajstić information content (AvgIpc) is 3.24. The molecule has 3 aromatic rings. The standard InChI is InChI=1S/C23H29N5O2S/c1-18(2)22-19(17-28(26-22)20-10-5-3-6-11-20)16-25-23-21(12-9-13-24-23)31(29,30)27-14-7-4-8-15-27/h3,5-6,9-13,17-18H,4,7-8,14-16H2,1-2H3,(H,24,25). The summed E-state index contributed by atoms with van der Waals surface area (Å²) in [5.41, 5.74) is 2.99. The van der Waals surface area contributed by atoms with Crippen LogP contribution in [0.1, 0.15) is 50.3 Å². The van der Waals surface area contributed by atoms with Crippen molar-refractivity contribution in [1.82, 2.24) is 19.1 Å². The molecule has 1 aromatic carbocycles. The molecular weight excluding hydrogens is 410 g/mol. The van der Waals surface area contributed by atoms with Crippen LogP contribution in [-0.2, 0) is 16.6 Å². The number of anilines is 1. The highest BCUT2D eigenvalue weighted by atomic mass is 32.2. The number of hydrogen-bond acceptors (Lipinski definition) is 5. The van der Waals surface area contributed by atoms with Crippen molar-refractivity contribution in [3.05, 3.63) is 66.1 Å². The highest BCUT2D eigenvalue weighted by Gasteiger charge is 2.28. The number of nitrogens with zero attached hydrogens (tertiary/aromatic N) is 4. The maximum absolute atomic E-state index is 13.2. The van der Waals surface area contributed by atoms with Crippen molar-refractivity contribution in [2.24, 2.45) is 0 Å². The van der Waals surface area contributed by atoms with Crippen molar-refractivity contribution in [3.8, 4) is 5.69 Å². The molecule has 1 N–H and O–H groups in total. The van der Waals surface area contributed by atoms with Gasteiger partial charge >= 0.3 is 0 Å². The number of sulfonamides is 1. The Labute approximate surface area is 184 Å². The van der Waals surface area contributed by atoms with Gasteiger partial charge in [0.25, 0.3) is 0 Å². The summed E-state index contributed by atoms with van der Waals surface area (Å²) in [4.78, 5) is 4.58. The molecule has 0 radical (unpaired) electrons. The minimum absolute atomic E-state index is 0.235. The number of benzene rings is 1. The lowest BCUT2D eigenvalue weighted by Gasteiger charge is -2.26. The first-order valence-electron chi connectivity index (χ1n) is 10.8. The monoisotopic (exact) mass is 439 g/mol. The van der Waals surface area contributed by atoms with Crippen LogP contribution in [-0.4, -0.2) is 40.6 Å². The normalized spacial score (nSPS) is 15.3. The summed E-state index contributed by atoms with van der Waals surface area (Å²) in [7, 11) is -3.57. The Bertz CT molecular complexity index is 1120. The number of pyridine rings is 1. The molecule has 7 nitrogen and oxygen atoms in total. The molecule has 0 aliphatic carbocycles. The van der Waals surface area contributed by atoms with E-state index in [4.69, 9.17) is 5.10 Å². The van der Waals surface area contributed by atoms with E-state index >= 15 is 0 Å². The van der Waals surface area contributed by atoms with Crippen LogP contribution < -0.4 is 5.32 Å². The van der Waals surface area contributed by atoms with Gasteiger partial charge in [-0.15, -0.1) is 0 Å². The van der Waals surface area contributed by atoms with Crippen LogP contribution in [0.4, 0.5) is 5.82 Å². The topological polar surface area (TPSA) is 80.1 Å². The van der Waals surface area contributed by atoms with Crippen molar-refractivity contribution in [3.63, 3.8) is 0 Å². The van der Waals surface area contributed by atoms with E-state index < -0.39 is 10.0 Å². The van der Waals surface area contributed by atoms with Gasteiger partial charge < -0.3 is 5.32 Å². The van der Waals surface area contributed by atoms with Crippen LogP contribution >= 0.6 is 0 Å². The molecule has 2 aromatic heterocycles. The van der Waals surface area contributed by atoms with Gasteiger partial charge in [-0.3, -0.25) is 0 Å². The molecule has 4 rings (SSSR count). The fourth-order valence-electron chi connectivity index (χ4n) is 3.91. The quantitative estimate of drug-likeness (QED) is 0.597. The van der Waals surface area contributed by atoms with E-state index in [1.807, 2.05) is 41.2 Å². The molecule has 0 atom stereocenters. The molecule has 0 unspecified atom stereocenters. The van der Waals surface area contributed by atoms with Crippen molar-refractivity contribution < 1.29 is 8.42 Å². The number of piperidine rings is 1. The Morgan fingerprint density at radius 2 is 1.77 bits per heavy atom. The third kappa shape index (κ3) is 4.65. The Kier molecular flexibility index (Phi) is 6.38. The lowest BCUT2D eigenvalue weighted by atomic mass is 10.1. The number of para-hydroxylation sites is 1. The second-order valence-electron chi connectivity index (χ2n) is 8.14. The fraction of sp³-hybridized carbons (Fsp3) is 0.391. The lowest BCUT2D eigenvalue weighted by Crippen LogP contribution is -2.36. The molecule has 31 heavy (non-hydrogen) atoms. The van der Waals surface area contributed by atoms with Crippen LogP contribution in [0, 0.1) is 0 Å². The van der Waals surface area contributed by atoms with Gasteiger partial charge in [0.2, 0.25) is 10.0 Å². The molecule has 1 saturated heterocycles. The Balaban J connectivity index is 1.60. The molecule has 1 aliphatic heterocycles. The molecular formula is C23H29N5O2S. The number of rotatable bonds is 7. The second-order valence-corrected chi connectivity index (χ2v) is 10.0. The zero-order valence-corrected chi connectivity index (χ0v) is 18.8. The summed E-state index contributed by atoms with van der Waals surface area (Å²) in [5, 5.41) is 8.03. The molecule has 1 fully saturated rings. The van der Waals surface area contributed by atoms with E-state index in [2.05, 4.69) is 24.1 Å². The maximum atomic E-state index is 13.2. The third-order valence-corrected chi connectivity index (χ3v) is 7.47. The lowest BCUT2D eigenvalue weighted by molar-refractivity contribution is 0.346. The van der Waals surface area contributed by atoms with Gasteiger partial charge in [-0.1, -0.05) is 38.5 Å². The zero-order chi connectivity index (χ0) is 21.8. The largest absolute Gasteiger partial charge is 0.365 e. The smallest absolute Gasteiger partial charge is 0.246 e. The maximum Gasteiger partial charge on any atom is 0.246 e. The summed E-state index contributed by atoms with van der Waals surface area (Å²) < 4.78 is 29.9. The minimum Gasteiger partial charge on any atom is -0.365 e. The Morgan fingerprint density at radius 1 is 1.03 bits per heavy atom. The fourth-order valence-corrected chi connectivity index (χ4v) is 5.55. The van der Waals surface area contributed by atoms with Crippen LogP contribution in [0.15, 0.2) is 59.8 Å². The van der Waals surface area contributed by atoms with Gasteiger partial charge in [0.1, 0.15) is 10.7 Å². The van der Waals surface area contributed by atoms with E-state index in [1.165, 1.54) is 0 Å². The predicted molar refractivity (Wildman–Crippen MR) is 122 cm³/mol. The van der Waals surface area contributed by atoms with Crippen molar-refractivity contribution >= 4 is 15.8 Å². The Hall–Kier alpha value is -2.71. The van der Waals surface area contributed by atoms with Gasteiger partial charge in [0, 0.05) is 37.6 Å². The van der Waals surface area contributed by atoms with Gasteiger partial charge in [0.15, 0.2) is 0 Å². The van der Waals surface area contributed by atoms with Crippen LogP contribution in [0.25, 0.3) is 5.69 Å². The summed E-state index contributed by atoms with van der Waals surface area (Å²) >= 11 is 0. The molecule has 0 saturated carbocycles. The number of hydrogen-bond donors (Lipinski definition) is 1. The van der Waals surface area contributed by atoms with E-state index in [-0.39, 0.29) is 10.8 Å².